The van der Waals surface area contributed by atoms with E-state index in [1.54, 1.807) is 12.1 Å². The van der Waals surface area contributed by atoms with Crippen molar-refractivity contribution in [3.8, 4) is 5.75 Å². The highest BCUT2D eigenvalue weighted by molar-refractivity contribution is 7.92. The minimum absolute atomic E-state index is 0.00795. The Kier molecular flexibility index (Phi) is 9.25. The zero-order chi connectivity index (χ0) is 25.3. The van der Waals surface area contributed by atoms with Gasteiger partial charge in [-0.3, -0.25) is 9.10 Å². The largest absolute Gasteiger partial charge is 0.494 e. The summed E-state index contributed by atoms with van der Waals surface area (Å²) in [6, 6.07) is 21.0. The van der Waals surface area contributed by atoms with E-state index in [4.69, 9.17) is 4.74 Å². The standard InChI is InChI=1S/C27H31FN2O4S/c1-3-21(18-22-8-6-5-7-9-22)19-29-27(31)20-30(24-12-10-23(28)11-13-24)35(32,33)26-16-14-25(15-17-26)34-4-2/h5-17,21H,3-4,18-20H2,1-2H3,(H,29,31). The van der Waals surface area contributed by atoms with Crippen molar-refractivity contribution in [2.24, 2.45) is 5.92 Å². The highest BCUT2D eigenvalue weighted by Gasteiger charge is 2.27. The molecule has 1 N–H and O–H groups in total. The number of nitrogens with one attached hydrogen (secondary N) is 1. The van der Waals surface area contributed by atoms with Crippen LogP contribution in [0.2, 0.25) is 0 Å². The number of carbonyl (C=O) groups is 1. The van der Waals surface area contributed by atoms with Gasteiger partial charge in [-0.1, -0.05) is 43.7 Å². The minimum atomic E-state index is -4.09. The average Bonchev–Trinajstić information content (AvgIpc) is 2.87. The molecule has 1 atom stereocenters. The van der Waals surface area contributed by atoms with Gasteiger partial charge in [0.25, 0.3) is 10.0 Å². The van der Waals surface area contributed by atoms with E-state index in [9.17, 15) is 17.6 Å². The number of nitrogens with zero attached hydrogens (tertiary/aromatic N) is 1. The van der Waals surface area contributed by atoms with Gasteiger partial charge in [0, 0.05) is 6.54 Å². The van der Waals surface area contributed by atoms with Crippen molar-refractivity contribution in [3.05, 3.63) is 90.2 Å². The average molecular weight is 499 g/mol. The summed E-state index contributed by atoms with van der Waals surface area (Å²) in [7, 11) is -4.09. The third kappa shape index (κ3) is 7.29. The van der Waals surface area contributed by atoms with E-state index in [1.807, 2.05) is 37.3 Å². The van der Waals surface area contributed by atoms with Gasteiger partial charge in [-0.25, -0.2) is 12.8 Å². The van der Waals surface area contributed by atoms with Gasteiger partial charge in [0.2, 0.25) is 5.91 Å². The molecule has 0 radical (unpaired) electrons. The van der Waals surface area contributed by atoms with Gasteiger partial charge in [-0.2, -0.15) is 0 Å². The highest BCUT2D eigenvalue weighted by Crippen LogP contribution is 2.25. The Labute approximate surface area is 206 Å². The second-order valence-corrected chi connectivity index (χ2v) is 10.0. The van der Waals surface area contributed by atoms with Crippen LogP contribution in [0.25, 0.3) is 0 Å². The van der Waals surface area contributed by atoms with Crippen molar-refractivity contribution in [3.63, 3.8) is 0 Å². The van der Waals surface area contributed by atoms with E-state index in [0.29, 0.717) is 18.9 Å². The summed E-state index contributed by atoms with van der Waals surface area (Å²) in [5, 5.41) is 2.88. The summed E-state index contributed by atoms with van der Waals surface area (Å²) in [6.45, 7) is 4.34. The van der Waals surface area contributed by atoms with Gasteiger partial charge >= 0.3 is 0 Å². The topological polar surface area (TPSA) is 75.7 Å². The van der Waals surface area contributed by atoms with Crippen LogP contribution in [-0.4, -0.2) is 34.0 Å². The maximum Gasteiger partial charge on any atom is 0.264 e. The molecule has 3 rings (SSSR count). The van der Waals surface area contributed by atoms with Crippen LogP contribution in [0.5, 0.6) is 5.75 Å². The molecule has 0 heterocycles. The first-order chi connectivity index (χ1) is 16.8. The lowest BCUT2D eigenvalue weighted by molar-refractivity contribution is -0.119. The van der Waals surface area contributed by atoms with Gasteiger partial charge in [0.1, 0.15) is 18.1 Å². The zero-order valence-corrected chi connectivity index (χ0v) is 20.8. The molecule has 0 aromatic heterocycles. The van der Waals surface area contributed by atoms with Gasteiger partial charge in [0.05, 0.1) is 17.2 Å². The Bertz CT molecular complexity index is 1180. The lowest BCUT2D eigenvalue weighted by atomic mass is 9.97. The van der Waals surface area contributed by atoms with E-state index >= 15 is 0 Å². The number of hydrogen-bond donors (Lipinski definition) is 1. The summed E-state index contributed by atoms with van der Waals surface area (Å²) >= 11 is 0. The molecule has 0 aliphatic carbocycles. The molecule has 35 heavy (non-hydrogen) atoms. The molecule has 186 valence electrons. The summed E-state index contributed by atoms with van der Waals surface area (Å²) in [4.78, 5) is 12.9. The number of carbonyl (C=O) groups excluding carboxylic acids is 1. The summed E-state index contributed by atoms with van der Waals surface area (Å²) < 4.78 is 46.8. The van der Waals surface area contributed by atoms with Crippen LogP contribution in [0.1, 0.15) is 25.8 Å². The van der Waals surface area contributed by atoms with Gasteiger partial charge < -0.3 is 10.1 Å². The SMILES string of the molecule is CCOc1ccc(S(=O)(=O)N(CC(=O)NCC(CC)Cc2ccccc2)c2ccc(F)cc2)cc1. The Morgan fingerprint density at radius 2 is 1.63 bits per heavy atom. The normalized spacial score (nSPS) is 12.1. The number of rotatable bonds is 12. The maximum atomic E-state index is 13.5. The van der Waals surface area contributed by atoms with Crippen molar-refractivity contribution in [1.29, 1.82) is 0 Å². The Balaban J connectivity index is 1.76. The zero-order valence-electron chi connectivity index (χ0n) is 20.0. The Morgan fingerprint density at radius 3 is 2.23 bits per heavy atom. The number of benzene rings is 3. The van der Waals surface area contributed by atoms with Crippen LogP contribution >= 0.6 is 0 Å². The van der Waals surface area contributed by atoms with Crippen LogP contribution in [0, 0.1) is 11.7 Å². The van der Waals surface area contributed by atoms with Crippen molar-refractivity contribution in [2.45, 2.75) is 31.6 Å². The van der Waals surface area contributed by atoms with E-state index in [2.05, 4.69) is 12.2 Å². The first kappa shape index (κ1) is 26.2. The van der Waals surface area contributed by atoms with Crippen molar-refractivity contribution < 1.29 is 22.3 Å². The molecular formula is C27H31FN2O4S. The second kappa shape index (κ2) is 12.4. The number of sulfonamides is 1. The van der Waals surface area contributed by atoms with E-state index in [1.165, 1.54) is 42.0 Å². The predicted octanol–water partition coefficient (Wildman–Crippen LogP) is 4.80. The third-order valence-corrected chi connectivity index (χ3v) is 7.45. The molecule has 1 amide bonds. The van der Waals surface area contributed by atoms with Crippen molar-refractivity contribution >= 4 is 21.6 Å². The van der Waals surface area contributed by atoms with Crippen molar-refractivity contribution in [2.75, 3.05) is 24.0 Å². The monoisotopic (exact) mass is 498 g/mol. The number of hydrogen-bond acceptors (Lipinski definition) is 4. The molecule has 6 nitrogen and oxygen atoms in total. The second-order valence-electron chi connectivity index (χ2n) is 8.16. The molecule has 0 saturated carbocycles. The fraction of sp³-hybridized carbons (Fsp3) is 0.296. The fourth-order valence-corrected chi connectivity index (χ4v) is 5.10. The summed E-state index contributed by atoms with van der Waals surface area (Å²) in [5.74, 6) is -0.177. The third-order valence-electron chi connectivity index (χ3n) is 5.66. The number of anilines is 1. The lowest BCUT2D eigenvalue weighted by Crippen LogP contribution is -2.42. The Hall–Kier alpha value is -3.39. The molecule has 0 fully saturated rings. The molecule has 3 aromatic carbocycles. The first-order valence-corrected chi connectivity index (χ1v) is 13.1. The summed E-state index contributed by atoms with van der Waals surface area (Å²) in [6.07, 6.45) is 1.67. The molecular weight excluding hydrogens is 467 g/mol. The molecule has 3 aromatic rings. The minimum Gasteiger partial charge on any atom is -0.494 e. The van der Waals surface area contributed by atoms with Crippen molar-refractivity contribution in [1.82, 2.24) is 5.32 Å². The molecule has 0 aliphatic rings. The van der Waals surface area contributed by atoms with Gasteiger partial charge in [-0.05, 0) is 73.4 Å². The van der Waals surface area contributed by atoms with E-state index in [-0.39, 0.29) is 16.5 Å². The smallest absolute Gasteiger partial charge is 0.264 e. The van der Waals surface area contributed by atoms with Crippen LogP contribution in [0.4, 0.5) is 10.1 Å². The van der Waals surface area contributed by atoms with Crippen LogP contribution in [0.3, 0.4) is 0 Å². The number of halogens is 1. The Morgan fingerprint density at radius 1 is 0.971 bits per heavy atom. The van der Waals surface area contributed by atoms with Gasteiger partial charge in [-0.15, -0.1) is 0 Å². The molecule has 0 saturated heterocycles. The molecule has 0 bridgehead atoms. The summed E-state index contributed by atoms with van der Waals surface area (Å²) in [5.41, 5.74) is 1.38. The predicted molar refractivity (Wildman–Crippen MR) is 135 cm³/mol. The van der Waals surface area contributed by atoms with Crippen LogP contribution in [0.15, 0.2) is 83.8 Å². The van der Waals surface area contributed by atoms with Crippen LogP contribution in [-0.2, 0) is 21.2 Å². The molecule has 1 unspecified atom stereocenters. The quantitative estimate of drug-likeness (QED) is 0.389. The van der Waals surface area contributed by atoms with E-state index in [0.717, 1.165) is 17.1 Å². The lowest BCUT2D eigenvalue weighted by Gasteiger charge is -2.25. The maximum absolute atomic E-state index is 13.5. The molecule has 8 heteroatoms. The fourth-order valence-electron chi connectivity index (χ4n) is 3.68. The van der Waals surface area contributed by atoms with E-state index < -0.39 is 28.3 Å². The molecule has 0 spiro atoms. The number of amides is 1. The van der Waals surface area contributed by atoms with Crippen LogP contribution < -0.4 is 14.4 Å². The molecule has 0 aliphatic heterocycles. The van der Waals surface area contributed by atoms with Gasteiger partial charge in [0.15, 0.2) is 0 Å². The number of ether oxygens (including phenoxy) is 1. The highest BCUT2D eigenvalue weighted by atomic mass is 32.2. The first-order valence-electron chi connectivity index (χ1n) is 11.6.